The Balaban J connectivity index is 2.07. The summed E-state index contributed by atoms with van der Waals surface area (Å²) in [6.07, 6.45) is 1.85. The van der Waals surface area contributed by atoms with Crippen LogP contribution < -0.4 is 25.4 Å². The van der Waals surface area contributed by atoms with Crippen molar-refractivity contribution in [2.24, 2.45) is 0 Å². The highest BCUT2D eigenvalue weighted by Gasteiger charge is 2.25. The van der Waals surface area contributed by atoms with Crippen LogP contribution in [-0.2, 0) is 12.0 Å². The van der Waals surface area contributed by atoms with E-state index in [4.69, 9.17) is 15.2 Å². The Kier molecular flexibility index (Phi) is 7.33. The van der Waals surface area contributed by atoms with E-state index < -0.39 is 0 Å². The topological polar surface area (TPSA) is 98.8 Å². The first-order chi connectivity index (χ1) is 16.4. The minimum atomic E-state index is -0.256. The third-order valence-electron chi connectivity index (χ3n) is 6.00. The maximum atomic E-state index is 13.4. The van der Waals surface area contributed by atoms with E-state index in [0.29, 0.717) is 35.1 Å². The number of anilines is 2. The summed E-state index contributed by atoms with van der Waals surface area (Å²) in [5.74, 6) is 1.31. The molecule has 8 heteroatoms. The van der Waals surface area contributed by atoms with E-state index in [1.54, 1.807) is 30.9 Å². The number of benzene rings is 2. The molecule has 3 rings (SSSR count). The number of carbonyl (C=O) groups is 2. The molecule has 35 heavy (non-hydrogen) atoms. The predicted octanol–water partition coefficient (Wildman–Crippen LogP) is 4.24. The van der Waals surface area contributed by atoms with Crippen molar-refractivity contribution in [3.8, 4) is 11.5 Å². The summed E-state index contributed by atoms with van der Waals surface area (Å²) in [5.41, 5.74) is 8.90. The van der Waals surface area contributed by atoms with Crippen LogP contribution in [0.15, 0.2) is 30.5 Å². The van der Waals surface area contributed by atoms with Gasteiger partial charge in [-0.25, -0.2) is 0 Å². The molecular formula is C27H36N4O4. The molecule has 0 aliphatic carbocycles. The van der Waals surface area contributed by atoms with E-state index in [0.717, 1.165) is 22.0 Å². The molecular weight excluding hydrogens is 444 g/mol. The number of hydrogen-bond donors (Lipinski definition) is 2. The van der Waals surface area contributed by atoms with Gasteiger partial charge < -0.3 is 30.0 Å². The number of Topliss-reactive ketones (excluding diaryl/α,β-unsaturated/α-hetero) is 1. The summed E-state index contributed by atoms with van der Waals surface area (Å²) in [4.78, 5) is 27.8. The number of methoxy groups -OCH3 is 1. The number of aromatic nitrogens is 1. The zero-order chi connectivity index (χ0) is 26.1. The minimum absolute atomic E-state index is 0.0502. The van der Waals surface area contributed by atoms with Gasteiger partial charge in [-0.2, -0.15) is 0 Å². The predicted molar refractivity (Wildman–Crippen MR) is 141 cm³/mol. The summed E-state index contributed by atoms with van der Waals surface area (Å²) in [6.45, 7) is 8.60. The molecule has 3 aromatic rings. The van der Waals surface area contributed by atoms with Crippen LogP contribution in [0.1, 0.15) is 54.0 Å². The van der Waals surface area contributed by atoms with Gasteiger partial charge in [-0.15, -0.1) is 0 Å². The number of nitrogens with one attached hydrogen (secondary N) is 1. The SMILES string of the molecule is CCOc1cc(C(=O)Cn2cc3cc(N(C)C)c(C(=O)NC)cc3c2N)cc(C(C)(C)C)c1OC. The third-order valence-corrected chi connectivity index (χ3v) is 6.00. The van der Waals surface area contributed by atoms with Gasteiger partial charge in [-0.05, 0) is 36.6 Å². The van der Waals surface area contributed by atoms with Crippen molar-refractivity contribution in [3.05, 3.63) is 47.2 Å². The van der Waals surface area contributed by atoms with Gasteiger partial charge >= 0.3 is 0 Å². The maximum Gasteiger partial charge on any atom is 0.253 e. The monoisotopic (exact) mass is 480 g/mol. The van der Waals surface area contributed by atoms with Gasteiger partial charge in [0.25, 0.3) is 5.91 Å². The molecule has 0 atom stereocenters. The summed E-state index contributed by atoms with van der Waals surface area (Å²) in [5, 5.41) is 4.25. The van der Waals surface area contributed by atoms with Gasteiger partial charge in [-0.3, -0.25) is 9.59 Å². The number of fused-ring (bicyclic) bond motifs is 1. The van der Waals surface area contributed by atoms with E-state index in [9.17, 15) is 9.59 Å². The average Bonchev–Trinajstić information content (AvgIpc) is 3.10. The Morgan fingerprint density at radius 3 is 2.37 bits per heavy atom. The van der Waals surface area contributed by atoms with E-state index >= 15 is 0 Å². The second kappa shape index (κ2) is 9.90. The first kappa shape index (κ1) is 25.9. The normalized spacial score (nSPS) is 11.4. The third kappa shape index (κ3) is 5.06. The Morgan fingerprint density at radius 2 is 1.83 bits per heavy atom. The Morgan fingerprint density at radius 1 is 1.14 bits per heavy atom. The molecule has 3 N–H and O–H groups in total. The fourth-order valence-electron chi connectivity index (χ4n) is 4.18. The quantitative estimate of drug-likeness (QED) is 0.468. The second-order valence-electron chi connectivity index (χ2n) is 9.73. The molecule has 0 saturated carbocycles. The lowest BCUT2D eigenvalue weighted by Crippen LogP contribution is -2.22. The van der Waals surface area contributed by atoms with Gasteiger partial charge in [0.2, 0.25) is 0 Å². The summed E-state index contributed by atoms with van der Waals surface area (Å²) >= 11 is 0. The average molecular weight is 481 g/mol. The highest BCUT2D eigenvalue weighted by Crippen LogP contribution is 2.40. The Bertz CT molecular complexity index is 1270. The number of amides is 1. The number of nitrogens with two attached hydrogens (primary N) is 1. The van der Waals surface area contributed by atoms with Gasteiger partial charge in [-0.1, -0.05) is 20.8 Å². The smallest absolute Gasteiger partial charge is 0.253 e. The fourth-order valence-corrected chi connectivity index (χ4v) is 4.18. The van der Waals surface area contributed by atoms with Gasteiger partial charge in [0.05, 0.1) is 25.8 Å². The van der Waals surface area contributed by atoms with Crippen LogP contribution in [0.3, 0.4) is 0 Å². The van der Waals surface area contributed by atoms with Crippen LogP contribution in [0.5, 0.6) is 11.5 Å². The molecule has 1 heterocycles. The first-order valence-corrected chi connectivity index (χ1v) is 11.6. The second-order valence-corrected chi connectivity index (χ2v) is 9.73. The van der Waals surface area contributed by atoms with Crippen LogP contribution in [-0.4, -0.2) is 51.1 Å². The Labute approximate surface area is 207 Å². The Hall–Kier alpha value is -3.68. The van der Waals surface area contributed by atoms with Crippen molar-refractivity contribution >= 4 is 34.0 Å². The van der Waals surface area contributed by atoms with E-state index in [-0.39, 0.29) is 23.7 Å². The zero-order valence-corrected chi connectivity index (χ0v) is 21.9. The number of ketones is 1. The summed E-state index contributed by atoms with van der Waals surface area (Å²) in [6, 6.07) is 7.29. The molecule has 1 amide bonds. The van der Waals surface area contributed by atoms with Crippen molar-refractivity contribution < 1.29 is 19.1 Å². The van der Waals surface area contributed by atoms with Crippen LogP contribution in [0.4, 0.5) is 11.5 Å². The molecule has 0 saturated heterocycles. The number of nitrogens with zero attached hydrogens (tertiary/aromatic N) is 2. The number of nitrogen functional groups attached to an aromatic ring is 1. The van der Waals surface area contributed by atoms with Gasteiger partial charge in [0.15, 0.2) is 17.3 Å². The summed E-state index contributed by atoms with van der Waals surface area (Å²) < 4.78 is 13.2. The zero-order valence-electron chi connectivity index (χ0n) is 21.9. The summed E-state index contributed by atoms with van der Waals surface area (Å²) in [7, 11) is 6.96. The lowest BCUT2D eigenvalue weighted by molar-refractivity contribution is 0.0959. The van der Waals surface area contributed by atoms with Gasteiger partial charge in [0, 0.05) is 54.9 Å². The molecule has 0 bridgehead atoms. The molecule has 0 unspecified atom stereocenters. The van der Waals surface area contributed by atoms with E-state index in [2.05, 4.69) is 26.1 Å². The van der Waals surface area contributed by atoms with Crippen molar-refractivity contribution in [3.63, 3.8) is 0 Å². The van der Waals surface area contributed by atoms with Crippen LogP contribution >= 0.6 is 0 Å². The van der Waals surface area contributed by atoms with Gasteiger partial charge in [0.1, 0.15) is 5.82 Å². The number of rotatable bonds is 8. The van der Waals surface area contributed by atoms with Crippen molar-refractivity contribution in [1.29, 1.82) is 0 Å². The molecule has 1 aromatic heterocycles. The van der Waals surface area contributed by atoms with Crippen molar-refractivity contribution in [1.82, 2.24) is 9.88 Å². The minimum Gasteiger partial charge on any atom is -0.493 e. The fraction of sp³-hybridized carbons (Fsp3) is 0.407. The molecule has 0 spiro atoms. The highest BCUT2D eigenvalue weighted by atomic mass is 16.5. The molecule has 0 fully saturated rings. The van der Waals surface area contributed by atoms with Crippen LogP contribution in [0.25, 0.3) is 10.8 Å². The molecule has 0 aliphatic heterocycles. The van der Waals surface area contributed by atoms with Crippen molar-refractivity contribution in [2.75, 3.05) is 45.5 Å². The number of hydrogen-bond acceptors (Lipinski definition) is 6. The molecule has 188 valence electrons. The number of ether oxygens (including phenoxy) is 2. The highest BCUT2D eigenvalue weighted by molar-refractivity contribution is 6.07. The first-order valence-electron chi connectivity index (χ1n) is 11.6. The lowest BCUT2D eigenvalue weighted by Gasteiger charge is -2.25. The van der Waals surface area contributed by atoms with Crippen LogP contribution in [0.2, 0.25) is 0 Å². The maximum absolute atomic E-state index is 13.4. The van der Waals surface area contributed by atoms with E-state index in [1.165, 1.54) is 0 Å². The molecule has 8 nitrogen and oxygen atoms in total. The lowest BCUT2D eigenvalue weighted by atomic mass is 9.84. The van der Waals surface area contributed by atoms with E-state index in [1.807, 2.05) is 44.2 Å². The van der Waals surface area contributed by atoms with Crippen molar-refractivity contribution in [2.45, 2.75) is 39.7 Å². The molecule has 0 aliphatic rings. The molecule has 0 radical (unpaired) electrons. The van der Waals surface area contributed by atoms with Crippen LogP contribution in [0, 0.1) is 0 Å². The standard InChI is InChI=1S/C27H36N4O4/c1-9-35-23-12-16(10-20(24(23)34-8)27(2,3)4)22(32)15-31-14-17-11-21(30(6)7)19(26(33)29-5)13-18(17)25(31)28/h10-14H,9,15,28H2,1-8H3,(H,29,33). The number of carbonyl (C=O) groups excluding carboxylic acids is 2. The largest absolute Gasteiger partial charge is 0.493 e. The molecule has 2 aromatic carbocycles.